The molecular weight excluding hydrogens is 232 g/mol. The highest BCUT2D eigenvalue weighted by Crippen LogP contribution is 2.17. The van der Waals surface area contributed by atoms with Gasteiger partial charge in [0.15, 0.2) is 11.5 Å². The van der Waals surface area contributed by atoms with Crippen LogP contribution in [0.3, 0.4) is 0 Å². The van der Waals surface area contributed by atoms with Crippen LogP contribution in [0.4, 0.5) is 4.79 Å². The summed E-state index contributed by atoms with van der Waals surface area (Å²) in [6.45, 7) is 2.40. The maximum atomic E-state index is 11.2. The molecule has 0 atom stereocenters. The second kappa shape index (κ2) is 5.05. The number of aromatic nitrogens is 1. The van der Waals surface area contributed by atoms with Crippen LogP contribution in [-0.2, 0) is 6.42 Å². The smallest absolute Gasteiger partial charge is 0.331 e. The Morgan fingerprint density at radius 3 is 3.06 bits per heavy atom. The first-order chi connectivity index (χ1) is 8.60. The SMILES string of the molecule is Cc1nc2ccc(CCN(C)C(=O)NN)cc2o1. The van der Waals surface area contributed by atoms with Crippen LogP contribution >= 0.6 is 0 Å². The van der Waals surface area contributed by atoms with E-state index in [4.69, 9.17) is 10.3 Å². The van der Waals surface area contributed by atoms with Gasteiger partial charge in [0.25, 0.3) is 0 Å². The molecule has 0 aliphatic carbocycles. The van der Waals surface area contributed by atoms with Crippen molar-refractivity contribution in [2.45, 2.75) is 13.3 Å². The lowest BCUT2D eigenvalue weighted by atomic mass is 10.1. The van der Waals surface area contributed by atoms with Crippen LogP contribution in [0.5, 0.6) is 0 Å². The number of aryl methyl sites for hydroxylation is 1. The van der Waals surface area contributed by atoms with Crippen LogP contribution in [0.2, 0.25) is 0 Å². The monoisotopic (exact) mass is 248 g/mol. The molecule has 18 heavy (non-hydrogen) atoms. The van der Waals surface area contributed by atoms with Crippen molar-refractivity contribution in [3.63, 3.8) is 0 Å². The third-order valence-electron chi connectivity index (χ3n) is 2.77. The van der Waals surface area contributed by atoms with Gasteiger partial charge in [-0.3, -0.25) is 5.43 Å². The number of hydrazine groups is 1. The third kappa shape index (κ3) is 2.60. The quantitative estimate of drug-likeness (QED) is 0.485. The van der Waals surface area contributed by atoms with E-state index in [1.54, 1.807) is 7.05 Å². The van der Waals surface area contributed by atoms with Crippen molar-refractivity contribution in [2.75, 3.05) is 13.6 Å². The van der Waals surface area contributed by atoms with Gasteiger partial charge in [0, 0.05) is 20.5 Å². The Morgan fingerprint density at radius 1 is 1.56 bits per heavy atom. The molecule has 2 rings (SSSR count). The number of rotatable bonds is 3. The Hall–Kier alpha value is -2.08. The Balaban J connectivity index is 2.05. The number of likely N-dealkylation sites (N-methyl/N-ethyl adjacent to an activating group) is 1. The molecule has 3 N–H and O–H groups in total. The lowest BCUT2D eigenvalue weighted by molar-refractivity contribution is 0.209. The number of nitrogens with two attached hydrogens (primary N) is 1. The number of hydrogen-bond acceptors (Lipinski definition) is 4. The summed E-state index contributed by atoms with van der Waals surface area (Å²) in [6.07, 6.45) is 0.736. The molecule has 6 heteroatoms. The topological polar surface area (TPSA) is 84.4 Å². The van der Waals surface area contributed by atoms with Crippen LogP contribution in [0.1, 0.15) is 11.5 Å². The molecule has 1 aromatic carbocycles. The highest BCUT2D eigenvalue weighted by atomic mass is 16.3. The predicted molar refractivity (Wildman–Crippen MR) is 67.8 cm³/mol. The van der Waals surface area contributed by atoms with Gasteiger partial charge in [-0.25, -0.2) is 15.6 Å². The van der Waals surface area contributed by atoms with Crippen LogP contribution in [0.15, 0.2) is 22.6 Å². The first kappa shape index (κ1) is 12.4. The van der Waals surface area contributed by atoms with Gasteiger partial charge in [-0.15, -0.1) is 0 Å². The predicted octanol–water partition coefficient (Wildman–Crippen LogP) is 1.19. The Kier molecular flexibility index (Phi) is 3.47. The molecule has 0 radical (unpaired) electrons. The minimum absolute atomic E-state index is 0.299. The van der Waals surface area contributed by atoms with Crippen LogP contribution in [-0.4, -0.2) is 29.5 Å². The molecule has 2 amide bonds. The maximum absolute atomic E-state index is 11.2. The number of benzene rings is 1. The summed E-state index contributed by atoms with van der Waals surface area (Å²) in [6, 6.07) is 5.55. The lowest BCUT2D eigenvalue weighted by Crippen LogP contribution is -2.41. The van der Waals surface area contributed by atoms with E-state index in [9.17, 15) is 4.79 Å². The number of carbonyl (C=O) groups excluding carboxylic acids is 1. The number of carbonyl (C=O) groups is 1. The first-order valence-corrected chi connectivity index (χ1v) is 5.68. The van der Waals surface area contributed by atoms with E-state index in [1.807, 2.05) is 25.1 Å². The van der Waals surface area contributed by atoms with E-state index >= 15 is 0 Å². The summed E-state index contributed by atoms with van der Waals surface area (Å²) >= 11 is 0. The lowest BCUT2D eigenvalue weighted by Gasteiger charge is -2.15. The van der Waals surface area contributed by atoms with Gasteiger partial charge >= 0.3 is 6.03 Å². The number of hydrogen-bond donors (Lipinski definition) is 2. The summed E-state index contributed by atoms with van der Waals surface area (Å²) in [4.78, 5) is 17.0. The molecule has 96 valence electrons. The Bertz CT molecular complexity index is 564. The van der Waals surface area contributed by atoms with Crippen molar-refractivity contribution < 1.29 is 9.21 Å². The van der Waals surface area contributed by atoms with Gasteiger partial charge in [0.05, 0.1) is 0 Å². The van der Waals surface area contributed by atoms with Gasteiger partial charge < -0.3 is 9.32 Å². The Morgan fingerprint density at radius 2 is 2.33 bits per heavy atom. The van der Waals surface area contributed by atoms with Crippen molar-refractivity contribution in [1.29, 1.82) is 0 Å². The van der Waals surface area contributed by atoms with Gasteiger partial charge in [0.2, 0.25) is 0 Å². The van der Waals surface area contributed by atoms with Gasteiger partial charge in [0.1, 0.15) is 5.52 Å². The third-order valence-corrected chi connectivity index (χ3v) is 2.77. The zero-order valence-corrected chi connectivity index (χ0v) is 10.4. The Labute approximate surface area is 105 Å². The van der Waals surface area contributed by atoms with Crippen molar-refractivity contribution in [1.82, 2.24) is 15.3 Å². The minimum atomic E-state index is -0.299. The van der Waals surface area contributed by atoms with E-state index in [0.29, 0.717) is 12.4 Å². The highest BCUT2D eigenvalue weighted by molar-refractivity contribution is 5.74. The van der Waals surface area contributed by atoms with Crippen LogP contribution < -0.4 is 11.3 Å². The van der Waals surface area contributed by atoms with Crippen molar-refractivity contribution in [2.24, 2.45) is 5.84 Å². The van der Waals surface area contributed by atoms with E-state index in [0.717, 1.165) is 23.1 Å². The van der Waals surface area contributed by atoms with E-state index in [2.05, 4.69) is 10.4 Å². The average molecular weight is 248 g/mol. The molecule has 2 aromatic rings. The maximum Gasteiger partial charge on any atom is 0.331 e. The fraction of sp³-hybridized carbons (Fsp3) is 0.333. The second-order valence-electron chi connectivity index (χ2n) is 4.16. The van der Waals surface area contributed by atoms with Crippen LogP contribution in [0, 0.1) is 6.92 Å². The highest BCUT2D eigenvalue weighted by Gasteiger charge is 2.07. The largest absolute Gasteiger partial charge is 0.441 e. The molecule has 0 aliphatic heterocycles. The number of fused-ring (bicyclic) bond motifs is 1. The summed E-state index contributed by atoms with van der Waals surface area (Å²) < 4.78 is 5.46. The summed E-state index contributed by atoms with van der Waals surface area (Å²) in [5.74, 6) is 5.71. The summed E-state index contributed by atoms with van der Waals surface area (Å²) in [5, 5.41) is 0. The standard InChI is InChI=1S/C12H16N4O2/c1-8-14-10-4-3-9(7-11(10)18-8)5-6-16(2)12(17)15-13/h3-4,7H,5-6,13H2,1-2H3,(H,15,17). The van der Waals surface area contributed by atoms with E-state index < -0.39 is 0 Å². The van der Waals surface area contributed by atoms with Gasteiger partial charge in [-0.2, -0.15) is 0 Å². The molecule has 6 nitrogen and oxygen atoms in total. The van der Waals surface area contributed by atoms with E-state index in [-0.39, 0.29) is 6.03 Å². The molecule has 0 saturated carbocycles. The molecule has 0 unspecified atom stereocenters. The zero-order chi connectivity index (χ0) is 13.1. The second-order valence-corrected chi connectivity index (χ2v) is 4.16. The first-order valence-electron chi connectivity index (χ1n) is 5.68. The van der Waals surface area contributed by atoms with Gasteiger partial charge in [-0.05, 0) is 24.1 Å². The molecule has 0 spiro atoms. The number of urea groups is 1. The molecule has 1 heterocycles. The molecule has 0 fully saturated rings. The average Bonchev–Trinajstić information content (AvgIpc) is 2.74. The minimum Gasteiger partial charge on any atom is -0.441 e. The van der Waals surface area contributed by atoms with Crippen molar-refractivity contribution in [3.8, 4) is 0 Å². The fourth-order valence-electron chi connectivity index (χ4n) is 1.75. The van der Waals surface area contributed by atoms with Gasteiger partial charge in [-0.1, -0.05) is 6.07 Å². The normalized spacial score (nSPS) is 10.6. The zero-order valence-electron chi connectivity index (χ0n) is 10.4. The molecule has 0 bridgehead atoms. The number of nitrogens with one attached hydrogen (secondary N) is 1. The molecule has 0 aliphatic rings. The molecule has 1 aromatic heterocycles. The fourth-order valence-corrected chi connectivity index (χ4v) is 1.75. The van der Waals surface area contributed by atoms with Crippen LogP contribution in [0.25, 0.3) is 11.1 Å². The number of amides is 2. The molecule has 0 saturated heterocycles. The number of oxazole rings is 1. The van der Waals surface area contributed by atoms with Crippen molar-refractivity contribution >= 4 is 17.1 Å². The summed E-state index contributed by atoms with van der Waals surface area (Å²) in [5.41, 5.74) is 4.81. The van der Waals surface area contributed by atoms with E-state index in [1.165, 1.54) is 4.90 Å². The van der Waals surface area contributed by atoms with Crippen molar-refractivity contribution in [3.05, 3.63) is 29.7 Å². The molecular formula is C12H16N4O2. The summed E-state index contributed by atoms with van der Waals surface area (Å²) in [7, 11) is 1.69. The number of nitrogens with zero attached hydrogens (tertiary/aromatic N) is 2.